The number of rotatable bonds is 6. The minimum absolute atomic E-state index is 0. The Labute approximate surface area is 146 Å². The smallest absolute Gasteiger partial charge is 0.0653 e. The van der Waals surface area contributed by atoms with Crippen LogP contribution in [0.3, 0.4) is 0 Å². The fourth-order valence-electron chi connectivity index (χ4n) is 3.47. The van der Waals surface area contributed by atoms with Crippen molar-refractivity contribution in [3.8, 4) is 0 Å². The Hall–Kier alpha value is -2.32. The van der Waals surface area contributed by atoms with Crippen molar-refractivity contribution in [2.45, 2.75) is 24.6 Å². The number of hydrogen-bond donors (Lipinski definition) is 1. The summed E-state index contributed by atoms with van der Waals surface area (Å²) in [6, 6.07) is 32.4. The van der Waals surface area contributed by atoms with Gasteiger partial charge in [-0.15, -0.1) is 0 Å². The normalized spacial score (nSPS) is 10.8. The van der Waals surface area contributed by atoms with Gasteiger partial charge in [0.25, 0.3) is 0 Å². The molecule has 0 aliphatic heterocycles. The minimum atomic E-state index is -0.150. The molecule has 0 heterocycles. The van der Waals surface area contributed by atoms with E-state index in [4.69, 9.17) is 7.85 Å². The summed E-state index contributed by atoms with van der Waals surface area (Å²) >= 11 is 0. The molecular weight excluding hydrogens is 289 g/mol. The standard InChI is InChI=1S/C22H21B.H3N/c23-18-10-17-22(19-11-4-1-5-12-19,20-13-6-2-7-14-20)21-15-8-3-9-16-21;/h1-9,11-16H,10,17-18H2;1H3. The molecule has 0 saturated carbocycles. The van der Waals surface area contributed by atoms with E-state index in [0.717, 1.165) is 12.8 Å². The van der Waals surface area contributed by atoms with Gasteiger partial charge >= 0.3 is 0 Å². The Balaban J connectivity index is 0.00000208. The predicted molar refractivity (Wildman–Crippen MR) is 104 cm³/mol. The van der Waals surface area contributed by atoms with Gasteiger partial charge in [-0.1, -0.05) is 104 Å². The highest BCUT2D eigenvalue weighted by Gasteiger charge is 2.35. The van der Waals surface area contributed by atoms with Crippen molar-refractivity contribution >= 4 is 7.85 Å². The van der Waals surface area contributed by atoms with Crippen molar-refractivity contribution in [3.63, 3.8) is 0 Å². The maximum Gasteiger partial charge on any atom is 0.0653 e. The van der Waals surface area contributed by atoms with E-state index in [1.807, 2.05) is 0 Å². The summed E-state index contributed by atoms with van der Waals surface area (Å²) < 4.78 is 0. The molecule has 0 aromatic heterocycles. The van der Waals surface area contributed by atoms with Crippen molar-refractivity contribution in [3.05, 3.63) is 108 Å². The molecule has 0 aliphatic carbocycles. The molecule has 0 fully saturated rings. The molecule has 3 aromatic rings. The maximum atomic E-state index is 5.87. The highest BCUT2D eigenvalue weighted by atomic mass is 14.4. The Morgan fingerprint density at radius 3 is 1.21 bits per heavy atom. The molecule has 24 heavy (non-hydrogen) atoms. The van der Waals surface area contributed by atoms with Crippen molar-refractivity contribution in [2.75, 3.05) is 0 Å². The van der Waals surface area contributed by atoms with Crippen LogP contribution in [0.4, 0.5) is 0 Å². The van der Waals surface area contributed by atoms with E-state index < -0.39 is 0 Å². The Morgan fingerprint density at radius 1 is 0.583 bits per heavy atom. The third kappa shape index (κ3) is 3.44. The van der Waals surface area contributed by atoms with Gasteiger partial charge in [-0.25, -0.2) is 0 Å². The van der Waals surface area contributed by atoms with Gasteiger partial charge < -0.3 is 6.15 Å². The highest BCUT2D eigenvalue weighted by Crippen LogP contribution is 2.43. The largest absolute Gasteiger partial charge is 0.344 e. The van der Waals surface area contributed by atoms with E-state index in [2.05, 4.69) is 91.0 Å². The molecule has 3 rings (SSSR count). The molecule has 0 saturated heterocycles. The van der Waals surface area contributed by atoms with Gasteiger partial charge in [0.1, 0.15) is 0 Å². The second-order valence-electron chi connectivity index (χ2n) is 5.90. The first-order valence-corrected chi connectivity index (χ1v) is 8.24. The molecule has 1 nitrogen and oxygen atoms in total. The first kappa shape index (κ1) is 18.0. The molecule has 0 spiro atoms. The topological polar surface area (TPSA) is 35.0 Å². The fraction of sp³-hybridized carbons (Fsp3) is 0.182. The lowest BCUT2D eigenvalue weighted by Gasteiger charge is -2.36. The summed E-state index contributed by atoms with van der Waals surface area (Å²) in [6.07, 6.45) is 2.69. The molecule has 2 heteroatoms. The summed E-state index contributed by atoms with van der Waals surface area (Å²) in [6.45, 7) is 0. The van der Waals surface area contributed by atoms with Gasteiger partial charge in [-0.2, -0.15) is 0 Å². The van der Waals surface area contributed by atoms with Crippen LogP contribution in [0.15, 0.2) is 91.0 Å². The summed E-state index contributed by atoms with van der Waals surface area (Å²) in [5, 5.41) is 0. The SMILES string of the molecule is N.[B]CCCC(c1ccccc1)(c1ccccc1)c1ccccc1. The second-order valence-corrected chi connectivity index (χ2v) is 5.90. The van der Waals surface area contributed by atoms with Crippen LogP contribution in [-0.4, -0.2) is 7.85 Å². The Morgan fingerprint density at radius 2 is 0.917 bits per heavy atom. The molecule has 0 amide bonds. The van der Waals surface area contributed by atoms with Gasteiger partial charge in [-0.3, -0.25) is 0 Å². The first-order chi connectivity index (χ1) is 11.4. The molecule has 2 radical (unpaired) electrons. The minimum Gasteiger partial charge on any atom is -0.344 e. The molecule has 0 bridgehead atoms. The monoisotopic (exact) mass is 313 g/mol. The summed E-state index contributed by atoms with van der Waals surface area (Å²) in [4.78, 5) is 0. The summed E-state index contributed by atoms with van der Waals surface area (Å²) in [5.41, 5.74) is 3.82. The van der Waals surface area contributed by atoms with Crippen molar-refractivity contribution in [2.24, 2.45) is 0 Å². The van der Waals surface area contributed by atoms with Crippen molar-refractivity contribution < 1.29 is 0 Å². The zero-order valence-corrected chi connectivity index (χ0v) is 14.1. The van der Waals surface area contributed by atoms with E-state index >= 15 is 0 Å². The van der Waals surface area contributed by atoms with Gasteiger partial charge in [0, 0.05) is 5.41 Å². The third-order valence-corrected chi connectivity index (χ3v) is 4.56. The van der Waals surface area contributed by atoms with E-state index in [1.54, 1.807) is 0 Å². The highest BCUT2D eigenvalue weighted by molar-refractivity contribution is 6.08. The molecule has 3 N–H and O–H groups in total. The molecular formula is C22H24BN. The molecule has 0 atom stereocenters. The van der Waals surface area contributed by atoms with Crippen LogP contribution in [0.1, 0.15) is 29.5 Å². The molecule has 0 unspecified atom stereocenters. The lowest BCUT2D eigenvalue weighted by Crippen LogP contribution is -2.29. The number of hydrogen-bond acceptors (Lipinski definition) is 1. The summed E-state index contributed by atoms with van der Waals surface area (Å²) in [7, 11) is 5.87. The van der Waals surface area contributed by atoms with E-state index in [1.165, 1.54) is 16.7 Å². The number of benzene rings is 3. The van der Waals surface area contributed by atoms with Crippen molar-refractivity contribution in [1.82, 2.24) is 6.15 Å². The Kier molecular flexibility index (Phi) is 6.40. The van der Waals surface area contributed by atoms with Crippen LogP contribution in [0.5, 0.6) is 0 Å². The van der Waals surface area contributed by atoms with Crippen LogP contribution in [0.2, 0.25) is 6.32 Å². The Bertz CT molecular complexity index is 614. The predicted octanol–water partition coefficient (Wildman–Crippen LogP) is 5.55. The van der Waals surface area contributed by atoms with Crippen LogP contribution >= 0.6 is 0 Å². The second kappa shape index (κ2) is 8.51. The molecule has 3 aromatic carbocycles. The fourth-order valence-corrected chi connectivity index (χ4v) is 3.47. The van der Waals surface area contributed by atoms with Crippen LogP contribution in [-0.2, 0) is 5.41 Å². The van der Waals surface area contributed by atoms with Gasteiger partial charge in [0.05, 0.1) is 7.85 Å². The summed E-state index contributed by atoms with van der Waals surface area (Å²) in [5.74, 6) is 0. The van der Waals surface area contributed by atoms with Gasteiger partial charge in [0.2, 0.25) is 0 Å². The van der Waals surface area contributed by atoms with Crippen LogP contribution < -0.4 is 6.15 Å². The average Bonchev–Trinajstić information content (AvgIpc) is 2.65. The lowest BCUT2D eigenvalue weighted by atomic mass is 9.66. The lowest BCUT2D eigenvalue weighted by molar-refractivity contribution is 0.550. The van der Waals surface area contributed by atoms with Crippen molar-refractivity contribution in [1.29, 1.82) is 0 Å². The average molecular weight is 313 g/mol. The molecule has 0 aliphatic rings. The van der Waals surface area contributed by atoms with Crippen LogP contribution in [0, 0.1) is 0 Å². The quantitative estimate of drug-likeness (QED) is 0.470. The van der Waals surface area contributed by atoms with E-state index in [0.29, 0.717) is 6.32 Å². The van der Waals surface area contributed by atoms with E-state index in [-0.39, 0.29) is 11.6 Å². The molecule has 120 valence electrons. The zero-order valence-electron chi connectivity index (χ0n) is 14.1. The maximum absolute atomic E-state index is 5.87. The van der Waals surface area contributed by atoms with Gasteiger partial charge in [0.15, 0.2) is 0 Å². The third-order valence-electron chi connectivity index (χ3n) is 4.56. The van der Waals surface area contributed by atoms with Gasteiger partial charge in [-0.05, 0) is 23.1 Å². The first-order valence-electron chi connectivity index (χ1n) is 8.24. The van der Waals surface area contributed by atoms with E-state index in [9.17, 15) is 0 Å². The zero-order chi connectivity index (χ0) is 16.0. The van der Waals surface area contributed by atoms with Crippen LogP contribution in [0.25, 0.3) is 0 Å².